The van der Waals surface area contributed by atoms with E-state index < -0.39 is 5.60 Å². The second-order valence-corrected chi connectivity index (χ2v) is 5.42. The van der Waals surface area contributed by atoms with Crippen molar-refractivity contribution < 1.29 is 9.53 Å². The monoisotopic (exact) mass is 271 g/mol. The normalized spacial score (nSPS) is 11.2. The number of halogens is 1. The molecule has 0 aliphatic carbocycles. The Morgan fingerprint density at radius 3 is 2.56 bits per heavy atom. The van der Waals surface area contributed by atoms with Gasteiger partial charge in [-0.15, -0.1) is 0 Å². The first-order valence-electron chi connectivity index (χ1n) is 5.61. The molecule has 0 aliphatic rings. The van der Waals surface area contributed by atoms with Crippen LogP contribution >= 0.6 is 11.6 Å². The number of nitrogens with zero attached hydrogens (tertiary/aromatic N) is 3. The van der Waals surface area contributed by atoms with Gasteiger partial charge in [0.05, 0.1) is 0 Å². The molecule has 18 heavy (non-hydrogen) atoms. The van der Waals surface area contributed by atoms with E-state index in [1.165, 1.54) is 0 Å². The predicted molar refractivity (Wildman–Crippen MR) is 70.9 cm³/mol. The number of esters is 1. The highest BCUT2D eigenvalue weighted by molar-refractivity contribution is 6.28. The first-order valence-corrected chi connectivity index (χ1v) is 5.99. The van der Waals surface area contributed by atoms with Crippen molar-refractivity contribution in [3.8, 4) is 0 Å². The molecule has 1 heterocycles. The number of anilines is 1. The summed E-state index contributed by atoms with van der Waals surface area (Å²) in [5.74, 6) is 0.288. The Morgan fingerprint density at radius 2 is 2.06 bits per heavy atom. The SMILES string of the molecule is Cc1cc(N(C)CC(=O)OC(C)(C)C)nc(Cl)n1. The lowest BCUT2D eigenvalue weighted by Gasteiger charge is -2.23. The molecule has 0 aliphatic heterocycles. The minimum atomic E-state index is -0.489. The zero-order chi connectivity index (χ0) is 13.9. The van der Waals surface area contributed by atoms with Gasteiger partial charge in [0.15, 0.2) is 0 Å². The third-order valence-electron chi connectivity index (χ3n) is 1.99. The van der Waals surface area contributed by atoms with Crippen molar-refractivity contribution in [3.05, 3.63) is 17.0 Å². The van der Waals surface area contributed by atoms with Crippen LogP contribution in [0.4, 0.5) is 5.82 Å². The smallest absolute Gasteiger partial charge is 0.326 e. The van der Waals surface area contributed by atoms with E-state index in [-0.39, 0.29) is 17.8 Å². The van der Waals surface area contributed by atoms with E-state index >= 15 is 0 Å². The molecule has 5 nitrogen and oxygen atoms in total. The second-order valence-electron chi connectivity index (χ2n) is 5.08. The molecule has 0 aromatic carbocycles. The van der Waals surface area contributed by atoms with E-state index in [9.17, 15) is 4.79 Å². The van der Waals surface area contributed by atoms with Crippen LogP contribution in [0.5, 0.6) is 0 Å². The number of hydrogen-bond acceptors (Lipinski definition) is 5. The van der Waals surface area contributed by atoms with E-state index in [1.807, 2.05) is 27.7 Å². The van der Waals surface area contributed by atoms with E-state index in [1.54, 1.807) is 18.0 Å². The topological polar surface area (TPSA) is 55.3 Å². The molecule has 0 bridgehead atoms. The van der Waals surface area contributed by atoms with Crippen molar-refractivity contribution >= 4 is 23.4 Å². The molecular weight excluding hydrogens is 254 g/mol. The lowest BCUT2D eigenvalue weighted by molar-refractivity contribution is -0.152. The Balaban J connectivity index is 2.70. The van der Waals surface area contributed by atoms with Crippen LogP contribution in [-0.2, 0) is 9.53 Å². The molecule has 0 fully saturated rings. The number of aromatic nitrogens is 2. The van der Waals surface area contributed by atoms with Gasteiger partial charge < -0.3 is 9.64 Å². The summed E-state index contributed by atoms with van der Waals surface area (Å²) in [5.41, 5.74) is 0.262. The van der Waals surface area contributed by atoms with Gasteiger partial charge in [-0.05, 0) is 39.3 Å². The van der Waals surface area contributed by atoms with Crippen molar-refractivity contribution in [2.75, 3.05) is 18.5 Å². The quantitative estimate of drug-likeness (QED) is 0.623. The van der Waals surface area contributed by atoms with Crippen LogP contribution in [0.15, 0.2) is 6.07 Å². The molecular formula is C12H18ClN3O2. The van der Waals surface area contributed by atoms with Gasteiger partial charge in [-0.1, -0.05) is 0 Å². The van der Waals surface area contributed by atoms with Gasteiger partial charge in [-0.2, -0.15) is 0 Å². The Hall–Kier alpha value is -1.36. The van der Waals surface area contributed by atoms with Gasteiger partial charge in [0.2, 0.25) is 5.28 Å². The summed E-state index contributed by atoms with van der Waals surface area (Å²) >= 11 is 5.77. The number of carbonyl (C=O) groups is 1. The van der Waals surface area contributed by atoms with E-state index in [2.05, 4.69) is 9.97 Å². The van der Waals surface area contributed by atoms with Gasteiger partial charge in [-0.3, -0.25) is 4.79 Å². The molecule has 0 saturated heterocycles. The largest absolute Gasteiger partial charge is 0.459 e. The minimum absolute atomic E-state index is 0.115. The number of ether oxygens (including phenoxy) is 1. The summed E-state index contributed by atoms with van der Waals surface area (Å²) in [6.45, 7) is 7.42. The van der Waals surface area contributed by atoms with Crippen LogP contribution in [0, 0.1) is 6.92 Å². The molecule has 0 amide bonds. The molecule has 6 heteroatoms. The zero-order valence-electron chi connectivity index (χ0n) is 11.3. The molecule has 0 atom stereocenters. The Morgan fingerprint density at radius 1 is 1.44 bits per heavy atom. The summed E-state index contributed by atoms with van der Waals surface area (Å²) in [6.07, 6.45) is 0. The molecule has 1 rings (SSSR count). The summed E-state index contributed by atoms with van der Waals surface area (Å²) in [6, 6.07) is 1.76. The number of aryl methyl sites for hydroxylation is 1. The number of rotatable bonds is 3. The summed E-state index contributed by atoms with van der Waals surface area (Å²) in [5, 5.41) is 0.168. The van der Waals surface area contributed by atoms with Crippen molar-refractivity contribution in [3.63, 3.8) is 0 Å². The Labute approximate surface area is 112 Å². The van der Waals surface area contributed by atoms with Crippen molar-refractivity contribution in [1.82, 2.24) is 9.97 Å². The van der Waals surface area contributed by atoms with E-state index in [0.717, 1.165) is 5.69 Å². The fourth-order valence-corrected chi connectivity index (χ4v) is 1.58. The van der Waals surface area contributed by atoms with Crippen molar-refractivity contribution in [1.29, 1.82) is 0 Å². The highest BCUT2D eigenvalue weighted by Crippen LogP contribution is 2.14. The fourth-order valence-electron chi connectivity index (χ4n) is 1.36. The van der Waals surface area contributed by atoms with Crippen LogP contribution in [0.2, 0.25) is 5.28 Å². The third kappa shape index (κ3) is 4.87. The van der Waals surface area contributed by atoms with Gasteiger partial charge >= 0.3 is 5.97 Å². The highest BCUT2D eigenvalue weighted by Gasteiger charge is 2.18. The summed E-state index contributed by atoms with van der Waals surface area (Å²) in [7, 11) is 1.75. The van der Waals surface area contributed by atoms with Crippen LogP contribution in [0.1, 0.15) is 26.5 Å². The Kier molecular flexibility index (Phi) is 4.51. The molecule has 0 spiro atoms. The lowest BCUT2D eigenvalue weighted by Crippen LogP contribution is -2.33. The van der Waals surface area contributed by atoms with Crippen LogP contribution in [0.3, 0.4) is 0 Å². The molecule has 0 saturated carbocycles. The standard InChI is InChI=1S/C12H18ClN3O2/c1-8-6-9(15-11(13)14-8)16(5)7-10(17)18-12(2,3)4/h6H,7H2,1-5H3. The lowest BCUT2D eigenvalue weighted by atomic mass is 10.2. The summed E-state index contributed by atoms with van der Waals surface area (Å²) in [4.78, 5) is 21.4. The van der Waals surface area contributed by atoms with E-state index in [4.69, 9.17) is 16.3 Å². The van der Waals surface area contributed by atoms with Gasteiger partial charge in [0, 0.05) is 18.8 Å². The van der Waals surface area contributed by atoms with Crippen LogP contribution in [0.25, 0.3) is 0 Å². The maximum Gasteiger partial charge on any atom is 0.326 e. The molecule has 1 aromatic rings. The van der Waals surface area contributed by atoms with E-state index in [0.29, 0.717) is 5.82 Å². The third-order valence-corrected chi connectivity index (χ3v) is 2.16. The first kappa shape index (κ1) is 14.7. The average molecular weight is 272 g/mol. The number of hydrogen-bond donors (Lipinski definition) is 0. The molecule has 0 unspecified atom stereocenters. The maximum absolute atomic E-state index is 11.7. The van der Waals surface area contributed by atoms with Gasteiger partial charge in [0.1, 0.15) is 18.0 Å². The highest BCUT2D eigenvalue weighted by atomic mass is 35.5. The fraction of sp³-hybridized carbons (Fsp3) is 0.583. The van der Waals surface area contributed by atoms with Crippen LogP contribution in [-0.4, -0.2) is 35.1 Å². The van der Waals surface area contributed by atoms with Crippen molar-refractivity contribution in [2.45, 2.75) is 33.3 Å². The van der Waals surface area contributed by atoms with Gasteiger partial charge in [0.25, 0.3) is 0 Å². The first-order chi connectivity index (χ1) is 8.17. The maximum atomic E-state index is 11.7. The zero-order valence-corrected chi connectivity index (χ0v) is 12.1. The Bertz CT molecular complexity index is 423. The minimum Gasteiger partial charge on any atom is -0.459 e. The number of carbonyl (C=O) groups excluding carboxylic acids is 1. The van der Waals surface area contributed by atoms with Crippen LogP contribution < -0.4 is 4.90 Å². The second kappa shape index (κ2) is 5.52. The molecule has 100 valence electrons. The molecule has 1 aromatic heterocycles. The average Bonchev–Trinajstić information content (AvgIpc) is 2.12. The molecule has 0 radical (unpaired) electrons. The molecule has 0 N–H and O–H groups in total. The summed E-state index contributed by atoms with van der Waals surface area (Å²) < 4.78 is 5.23. The number of likely N-dealkylation sites (N-methyl/N-ethyl adjacent to an activating group) is 1. The predicted octanol–water partition coefficient (Wildman–Crippen LogP) is 2.22. The van der Waals surface area contributed by atoms with Gasteiger partial charge in [-0.25, -0.2) is 9.97 Å². The van der Waals surface area contributed by atoms with Crippen molar-refractivity contribution in [2.24, 2.45) is 0 Å².